The normalized spacial score (nSPS) is 10.7. The van der Waals surface area contributed by atoms with Gasteiger partial charge in [-0.2, -0.15) is 0 Å². The van der Waals surface area contributed by atoms with E-state index in [1.54, 1.807) is 18.2 Å². The minimum absolute atomic E-state index is 0.0821. The number of carbonyl (C=O) groups is 1. The van der Waals surface area contributed by atoms with Crippen molar-refractivity contribution in [2.45, 2.75) is 13.1 Å². The summed E-state index contributed by atoms with van der Waals surface area (Å²) in [7, 11) is 1.25. The lowest BCUT2D eigenvalue weighted by Gasteiger charge is -2.03. The van der Waals surface area contributed by atoms with E-state index in [0.717, 1.165) is 16.4 Å². The second kappa shape index (κ2) is 8.23. The molecule has 146 valence electrons. The number of anilines is 1. The van der Waals surface area contributed by atoms with Crippen LogP contribution in [0.25, 0.3) is 0 Å². The number of halogens is 2. The Labute approximate surface area is 168 Å². The smallest absolute Gasteiger partial charge is 0.350 e. The summed E-state index contributed by atoms with van der Waals surface area (Å²) < 4.78 is 7.42. The summed E-state index contributed by atoms with van der Waals surface area (Å²) in [4.78, 5) is 26.4. The highest BCUT2D eigenvalue weighted by Crippen LogP contribution is 2.24. The van der Waals surface area contributed by atoms with Gasteiger partial charge in [-0.15, -0.1) is 10.2 Å². The molecule has 0 radical (unpaired) electrons. The number of ether oxygens (including phenoxy) is 1. The second-order valence-electron chi connectivity index (χ2n) is 5.54. The van der Waals surface area contributed by atoms with Crippen molar-refractivity contribution in [1.29, 1.82) is 0 Å². The van der Waals surface area contributed by atoms with E-state index in [0.29, 0.717) is 16.6 Å². The third-order valence-electron chi connectivity index (χ3n) is 3.52. The van der Waals surface area contributed by atoms with Crippen LogP contribution in [0.2, 0.25) is 10.0 Å². The molecule has 0 saturated carbocycles. The Hall–Kier alpha value is -3.18. The van der Waals surface area contributed by atoms with Crippen LogP contribution in [0.1, 0.15) is 5.56 Å². The van der Waals surface area contributed by atoms with E-state index in [9.17, 15) is 14.9 Å². The SMILES string of the molecule is COc1nn(CC(=O)Nc2ncn(Cc3ccc(Cl)c(Cl)c3)n2)cc1[N+](=O)[O-]. The van der Waals surface area contributed by atoms with Crippen LogP contribution in [-0.2, 0) is 17.9 Å². The number of carbonyl (C=O) groups excluding carboxylic acids is 1. The van der Waals surface area contributed by atoms with Crippen molar-refractivity contribution in [3.63, 3.8) is 0 Å². The number of hydrogen-bond acceptors (Lipinski definition) is 7. The highest BCUT2D eigenvalue weighted by molar-refractivity contribution is 6.42. The van der Waals surface area contributed by atoms with Crippen molar-refractivity contribution in [2.24, 2.45) is 0 Å². The fourth-order valence-electron chi connectivity index (χ4n) is 2.31. The fraction of sp³-hybridized carbons (Fsp3) is 0.200. The van der Waals surface area contributed by atoms with Gasteiger partial charge in [-0.25, -0.2) is 9.67 Å². The zero-order valence-electron chi connectivity index (χ0n) is 14.4. The lowest BCUT2D eigenvalue weighted by atomic mass is 10.2. The maximum atomic E-state index is 12.1. The Morgan fingerprint density at radius 3 is 2.71 bits per heavy atom. The van der Waals surface area contributed by atoms with Crippen LogP contribution in [0.4, 0.5) is 11.6 Å². The Bertz CT molecular complexity index is 1030. The molecule has 0 saturated heterocycles. The molecule has 3 aromatic rings. The van der Waals surface area contributed by atoms with Gasteiger partial charge in [0.1, 0.15) is 19.1 Å². The van der Waals surface area contributed by atoms with Gasteiger partial charge < -0.3 is 4.74 Å². The summed E-state index contributed by atoms with van der Waals surface area (Å²) in [5.41, 5.74) is 0.521. The average molecular weight is 426 g/mol. The summed E-state index contributed by atoms with van der Waals surface area (Å²) >= 11 is 11.9. The Balaban J connectivity index is 1.62. The van der Waals surface area contributed by atoms with Crippen LogP contribution in [0.5, 0.6) is 5.88 Å². The van der Waals surface area contributed by atoms with Gasteiger partial charge in [-0.05, 0) is 17.7 Å². The quantitative estimate of drug-likeness (QED) is 0.454. The number of nitro groups is 1. The molecule has 0 atom stereocenters. The summed E-state index contributed by atoms with van der Waals surface area (Å²) in [5.74, 6) is -0.604. The molecule has 0 unspecified atom stereocenters. The van der Waals surface area contributed by atoms with E-state index in [2.05, 4.69) is 20.5 Å². The predicted octanol–water partition coefficient (Wildman–Crippen LogP) is 2.39. The fourth-order valence-corrected chi connectivity index (χ4v) is 2.63. The van der Waals surface area contributed by atoms with E-state index >= 15 is 0 Å². The highest BCUT2D eigenvalue weighted by Gasteiger charge is 2.21. The molecule has 0 aliphatic rings. The summed E-state index contributed by atoms with van der Waals surface area (Å²) in [5, 5.41) is 22.2. The Kier molecular flexibility index (Phi) is 5.76. The van der Waals surface area contributed by atoms with Gasteiger partial charge in [0.2, 0.25) is 11.9 Å². The van der Waals surface area contributed by atoms with Crippen molar-refractivity contribution >= 4 is 40.7 Å². The molecule has 28 heavy (non-hydrogen) atoms. The van der Waals surface area contributed by atoms with Gasteiger partial charge >= 0.3 is 11.6 Å². The first-order valence-electron chi connectivity index (χ1n) is 7.74. The molecule has 1 N–H and O–H groups in total. The first kappa shape index (κ1) is 19.6. The van der Waals surface area contributed by atoms with Gasteiger partial charge in [0, 0.05) is 0 Å². The molecule has 2 heterocycles. The summed E-state index contributed by atoms with van der Waals surface area (Å²) in [6, 6.07) is 5.18. The van der Waals surface area contributed by atoms with E-state index in [1.807, 2.05) is 0 Å². The molecule has 3 rings (SSSR count). The monoisotopic (exact) mass is 425 g/mol. The van der Waals surface area contributed by atoms with Gasteiger partial charge in [-0.3, -0.25) is 24.9 Å². The number of rotatable bonds is 7. The molecule has 2 aromatic heterocycles. The van der Waals surface area contributed by atoms with Crippen LogP contribution in [0.15, 0.2) is 30.7 Å². The Morgan fingerprint density at radius 2 is 2.07 bits per heavy atom. The zero-order valence-corrected chi connectivity index (χ0v) is 15.9. The molecule has 0 aliphatic carbocycles. The maximum Gasteiger partial charge on any atom is 0.350 e. The molecule has 0 spiro atoms. The first-order chi connectivity index (χ1) is 13.4. The molecule has 11 nitrogen and oxygen atoms in total. The minimum atomic E-state index is -0.646. The van der Waals surface area contributed by atoms with Crippen molar-refractivity contribution in [1.82, 2.24) is 24.5 Å². The number of amides is 1. The molecular weight excluding hydrogens is 413 g/mol. The molecule has 0 aliphatic heterocycles. The molecule has 0 bridgehead atoms. The number of aromatic nitrogens is 5. The lowest BCUT2D eigenvalue weighted by Crippen LogP contribution is -2.20. The average Bonchev–Trinajstić information content (AvgIpc) is 3.24. The van der Waals surface area contributed by atoms with Crippen molar-refractivity contribution < 1.29 is 14.5 Å². The van der Waals surface area contributed by atoms with E-state index in [-0.39, 0.29) is 24.1 Å². The highest BCUT2D eigenvalue weighted by atomic mass is 35.5. The van der Waals surface area contributed by atoms with Crippen LogP contribution < -0.4 is 10.1 Å². The van der Waals surface area contributed by atoms with E-state index < -0.39 is 10.8 Å². The topological polar surface area (TPSA) is 130 Å². The number of nitrogens with zero attached hydrogens (tertiary/aromatic N) is 6. The maximum absolute atomic E-state index is 12.1. The lowest BCUT2D eigenvalue weighted by molar-refractivity contribution is -0.385. The second-order valence-corrected chi connectivity index (χ2v) is 6.36. The van der Waals surface area contributed by atoms with E-state index in [1.165, 1.54) is 18.1 Å². The largest absolute Gasteiger partial charge is 0.475 e. The first-order valence-corrected chi connectivity index (χ1v) is 8.50. The molecule has 0 fully saturated rings. The van der Waals surface area contributed by atoms with Crippen molar-refractivity contribution in [2.75, 3.05) is 12.4 Å². The van der Waals surface area contributed by atoms with Gasteiger partial charge in [0.15, 0.2) is 0 Å². The van der Waals surface area contributed by atoms with Crippen molar-refractivity contribution in [3.05, 3.63) is 56.4 Å². The third-order valence-corrected chi connectivity index (χ3v) is 4.26. The zero-order chi connectivity index (χ0) is 20.3. The number of benzene rings is 1. The van der Waals surface area contributed by atoms with Crippen LogP contribution in [0, 0.1) is 10.1 Å². The molecule has 1 amide bonds. The predicted molar refractivity (Wildman–Crippen MR) is 99.6 cm³/mol. The Morgan fingerprint density at radius 1 is 1.29 bits per heavy atom. The number of methoxy groups -OCH3 is 1. The van der Waals surface area contributed by atoms with Gasteiger partial charge in [0.25, 0.3) is 0 Å². The molecule has 1 aromatic carbocycles. The number of hydrogen-bond donors (Lipinski definition) is 1. The van der Waals surface area contributed by atoms with Crippen LogP contribution >= 0.6 is 23.2 Å². The van der Waals surface area contributed by atoms with Gasteiger partial charge in [-0.1, -0.05) is 29.3 Å². The molecule has 13 heteroatoms. The number of nitrogens with one attached hydrogen (secondary N) is 1. The van der Waals surface area contributed by atoms with Gasteiger partial charge in [0.05, 0.1) is 28.6 Å². The van der Waals surface area contributed by atoms with Crippen molar-refractivity contribution in [3.8, 4) is 5.88 Å². The van der Waals surface area contributed by atoms with Crippen LogP contribution in [-0.4, -0.2) is 42.5 Å². The minimum Gasteiger partial charge on any atom is -0.475 e. The third kappa shape index (κ3) is 4.56. The van der Waals surface area contributed by atoms with Crippen LogP contribution in [0.3, 0.4) is 0 Å². The van der Waals surface area contributed by atoms with E-state index in [4.69, 9.17) is 27.9 Å². The summed E-state index contributed by atoms with van der Waals surface area (Å²) in [6.45, 7) is 0.105. The standard InChI is InChI=1S/C15H13Cl2N7O4/c1-28-14-12(24(26)27)6-22(20-14)7-13(25)19-15-18-8-23(21-15)5-9-2-3-10(16)11(17)4-9/h2-4,6,8H,5,7H2,1H3,(H,19,21,25). The molecular formula is C15H13Cl2N7O4. The summed E-state index contributed by atoms with van der Waals surface area (Å²) in [6.07, 6.45) is 2.55.